The van der Waals surface area contributed by atoms with Crippen molar-refractivity contribution in [2.45, 2.75) is 18.2 Å². The number of carbonyl (C=O) groups excluding carboxylic acids is 2. The molecule has 0 aromatic heterocycles. The predicted octanol–water partition coefficient (Wildman–Crippen LogP) is 3.87. The predicted molar refractivity (Wildman–Crippen MR) is 121 cm³/mol. The molecule has 164 valence electrons. The molecule has 0 saturated heterocycles. The van der Waals surface area contributed by atoms with Crippen LogP contribution in [0.25, 0.3) is 0 Å². The van der Waals surface area contributed by atoms with Gasteiger partial charge in [-0.15, -0.1) is 0 Å². The molecule has 0 bridgehead atoms. The number of esters is 1. The van der Waals surface area contributed by atoms with Crippen molar-refractivity contribution in [1.29, 1.82) is 0 Å². The minimum absolute atomic E-state index is 0.111. The molecular weight excluding hydrogens is 428 g/mol. The molecule has 32 heavy (non-hydrogen) atoms. The zero-order valence-corrected chi connectivity index (χ0v) is 18.3. The van der Waals surface area contributed by atoms with Gasteiger partial charge in [0.15, 0.2) is 0 Å². The summed E-state index contributed by atoms with van der Waals surface area (Å²) in [5.74, 6) is -0.574. The van der Waals surface area contributed by atoms with Crippen molar-refractivity contribution in [3.05, 3.63) is 89.5 Å². The fourth-order valence-corrected chi connectivity index (χ4v) is 4.70. The van der Waals surface area contributed by atoms with E-state index in [0.717, 1.165) is 11.3 Å². The van der Waals surface area contributed by atoms with Crippen LogP contribution < -0.4 is 9.62 Å². The van der Waals surface area contributed by atoms with Gasteiger partial charge in [0.25, 0.3) is 15.9 Å². The zero-order chi connectivity index (χ0) is 22.7. The van der Waals surface area contributed by atoms with Gasteiger partial charge in [0.2, 0.25) is 0 Å². The van der Waals surface area contributed by atoms with E-state index >= 15 is 0 Å². The number of carbonyl (C=O) groups is 2. The van der Waals surface area contributed by atoms with Crippen LogP contribution in [0.1, 0.15) is 33.2 Å². The molecule has 1 aliphatic rings. The average Bonchev–Trinajstić information content (AvgIpc) is 3.23. The van der Waals surface area contributed by atoms with E-state index in [4.69, 9.17) is 4.74 Å². The molecule has 0 saturated carbocycles. The van der Waals surface area contributed by atoms with E-state index in [0.29, 0.717) is 29.8 Å². The summed E-state index contributed by atoms with van der Waals surface area (Å²) in [7, 11) is -3.84. The van der Waals surface area contributed by atoms with Crippen molar-refractivity contribution in [2.24, 2.45) is 0 Å². The third-order valence-corrected chi connectivity index (χ3v) is 6.55. The van der Waals surface area contributed by atoms with Gasteiger partial charge >= 0.3 is 5.97 Å². The molecule has 7 nitrogen and oxygen atoms in total. The number of nitrogens with zero attached hydrogens (tertiary/aromatic N) is 1. The van der Waals surface area contributed by atoms with Crippen LogP contribution >= 0.6 is 0 Å². The Morgan fingerprint density at radius 2 is 1.69 bits per heavy atom. The molecule has 3 aromatic rings. The summed E-state index contributed by atoms with van der Waals surface area (Å²) in [5.41, 5.74) is 2.78. The van der Waals surface area contributed by atoms with Gasteiger partial charge in [-0.25, -0.2) is 13.2 Å². The molecule has 1 amide bonds. The van der Waals surface area contributed by atoms with E-state index in [-0.39, 0.29) is 17.4 Å². The molecule has 0 aliphatic carbocycles. The van der Waals surface area contributed by atoms with Gasteiger partial charge in [-0.2, -0.15) is 0 Å². The summed E-state index contributed by atoms with van der Waals surface area (Å²) in [5, 5.41) is 0. The lowest BCUT2D eigenvalue weighted by Crippen LogP contribution is -2.28. The van der Waals surface area contributed by atoms with Crippen LogP contribution in [0.2, 0.25) is 0 Å². The number of ether oxygens (including phenoxy) is 1. The highest BCUT2D eigenvalue weighted by molar-refractivity contribution is 7.92. The van der Waals surface area contributed by atoms with Crippen molar-refractivity contribution >= 4 is 33.3 Å². The van der Waals surface area contributed by atoms with Crippen LogP contribution in [0, 0.1) is 0 Å². The van der Waals surface area contributed by atoms with E-state index in [1.165, 1.54) is 30.3 Å². The number of sulfonamides is 1. The Morgan fingerprint density at radius 1 is 0.969 bits per heavy atom. The summed E-state index contributed by atoms with van der Waals surface area (Å²) in [6.07, 6.45) is 0.575. The van der Waals surface area contributed by atoms with Gasteiger partial charge in [-0.3, -0.25) is 9.52 Å². The SMILES string of the molecule is CCOC(=O)c1ccc(NS(=O)(=O)c2ccc3c(c2)CCN3C(=O)c2ccccc2)cc1. The first-order valence-electron chi connectivity index (χ1n) is 10.2. The molecule has 0 atom stereocenters. The Kier molecular flexibility index (Phi) is 5.96. The number of rotatable bonds is 6. The Hall–Kier alpha value is -3.65. The lowest BCUT2D eigenvalue weighted by Gasteiger charge is -2.18. The smallest absolute Gasteiger partial charge is 0.338 e. The van der Waals surface area contributed by atoms with Crippen molar-refractivity contribution in [3.8, 4) is 0 Å². The monoisotopic (exact) mass is 450 g/mol. The second-order valence-corrected chi connectivity index (χ2v) is 8.95. The van der Waals surface area contributed by atoms with Crippen molar-refractivity contribution in [3.63, 3.8) is 0 Å². The second kappa shape index (κ2) is 8.84. The molecule has 8 heteroatoms. The number of fused-ring (bicyclic) bond motifs is 1. The highest BCUT2D eigenvalue weighted by Gasteiger charge is 2.27. The first kappa shape index (κ1) is 21.6. The maximum absolute atomic E-state index is 12.9. The zero-order valence-electron chi connectivity index (χ0n) is 17.4. The average molecular weight is 451 g/mol. The van der Waals surface area contributed by atoms with E-state index in [2.05, 4.69) is 4.72 Å². The molecule has 0 unspecified atom stereocenters. The number of anilines is 2. The number of hydrogen-bond donors (Lipinski definition) is 1. The molecular formula is C24H22N2O5S. The van der Waals surface area contributed by atoms with Crippen LogP contribution in [0.3, 0.4) is 0 Å². The summed E-state index contributed by atoms with van der Waals surface area (Å²) in [6.45, 7) is 2.48. The van der Waals surface area contributed by atoms with Gasteiger partial charge in [0, 0.05) is 23.5 Å². The highest BCUT2D eigenvalue weighted by Crippen LogP contribution is 2.32. The van der Waals surface area contributed by atoms with E-state index < -0.39 is 16.0 Å². The molecule has 3 aromatic carbocycles. The molecule has 0 spiro atoms. The van der Waals surface area contributed by atoms with Gasteiger partial charge in [-0.1, -0.05) is 18.2 Å². The van der Waals surface area contributed by atoms with Gasteiger partial charge < -0.3 is 9.64 Å². The topological polar surface area (TPSA) is 92.8 Å². The fourth-order valence-electron chi connectivity index (χ4n) is 3.60. The van der Waals surface area contributed by atoms with Crippen molar-refractivity contribution in [2.75, 3.05) is 22.8 Å². The number of hydrogen-bond acceptors (Lipinski definition) is 5. The molecule has 0 fully saturated rings. The van der Waals surface area contributed by atoms with E-state index in [1.807, 2.05) is 18.2 Å². The van der Waals surface area contributed by atoms with Gasteiger partial charge in [0.05, 0.1) is 17.1 Å². The lowest BCUT2D eigenvalue weighted by atomic mass is 10.1. The van der Waals surface area contributed by atoms with Crippen LogP contribution in [0.15, 0.2) is 77.7 Å². The molecule has 4 rings (SSSR count). The number of benzene rings is 3. The van der Waals surface area contributed by atoms with Crippen molar-refractivity contribution < 1.29 is 22.7 Å². The van der Waals surface area contributed by atoms with Crippen molar-refractivity contribution in [1.82, 2.24) is 0 Å². The standard InChI is InChI=1S/C24H22N2O5S/c1-2-31-24(28)18-8-10-20(11-9-18)25-32(29,30)21-12-13-22-19(16-21)14-15-26(22)23(27)17-6-4-3-5-7-17/h3-13,16,25H,2,14-15H2,1H3. The number of amides is 1. The lowest BCUT2D eigenvalue weighted by molar-refractivity contribution is 0.0526. The highest BCUT2D eigenvalue weighted by atomic mass is 32.2. The summed E-state index contributed by atoms with van der Waals surface area (Å²) >= 11 is 0. The quantitative estimate of drug-likeness (QED) is 0.576. The summed E-state index contributed by atoms with van der Waals surface area (Å²) in [4.78, 5) is 26.3. The fraction of sp³-hybridized carbons (Fsp3) is 0.167. The third kappa shape index (κ3) is 4.36. The Labute approximate surface area is 186 Å². The first-order valence-corrected chi connectivity index (χ1v) is 11.7. The molecule has 1 N–H and O–H groups in total. The largest absolute Gasteiger partial charge is 0.462 e. The molecule has 1 aliphatic heterocycles. The Morgan fingerprint density at radius 3 is 2.38 bits per heavy atom. The van der Waals surface area contributed by atoms with Crippen LogP contribution in [0.4, 0.5) is 11.4 Å². The third-order valence-electron chi connectivity index (χ3n) is 5.17. The van der Waals surface area contributed by atoms with E-state index in [1.54, 1.807) is 36.1 Å². The number of nitrogens with one attached hydrogen (secondary N) is 1. The van der Waals surface area contributed by atoms with Gasteiger partial charge in [0.1, 0.15) is 0 Å². The van der Waals surface area contributed by atoms with Crippen LogP contribution in [-0.2, 0) is 21.2 Å². The summed E-state index contributed by atoms with van der Waals surface area (Å²) < 4.78 is 33.2. The second-order valence-electron chi connectivity index (χ2n) is 7.27. The normalized spacial score (nSPS) is 12.8. The maximum atomic E-state index is 12.9. The van der Waals surface area contributed by atoms with Crippen LogP contribution in [-0.4, -0.2) is 33.4 Å². The minimum atomic E-state index is -3.84. The molecule has 1 heterocycles. The van der Waals surface area contributed by atoms with Gasteiger partial charge in [-0.05, 0) is 73.5 Å². The first-order chi connectivity index (χ1) is 15.4. The summed E-state index contributed by atoms with van der Waals surface area (Å²) in [6, 6.07) is 19.8. The van der Waals surface area contributed by atoms with Crippen LogP contribution in [0.5, 0.6) is 0 Å². The molecule has 0 radical (unpaired) electrons. The maximum Gasteiger partial charge on any atom is 0.338 e. The Bertz CT molecular complexity index is 1260. The minimum Gasteiger partial charge on any atom is -0.462 e. The van der Waals surface area contributed by atoms with E-state index in [9.17, 15) is 18.0 Å². The Balaban J connectivity index is 1.52.